The number of amides is 1. The predicted molar refractivity (Wildman–Crippen MR) is 97.5 cm³/mol. The number of carbonyl (C=O) groups excluding carboxylic acids is 1. The first kappa shape index (κ1) is 17.2. The molecule has 2 aromatic carbocycles. The van der Waals surface area contributed by atoms with Gasteiger partial charge in [-0.15, -0.1) is 0 Å². The number of anilines is 1. The first-order chi connectivity index (χ1) is 11.0. The molecule has 0 bridgehead atoms. The third kappa shape index (κ3) is 4.94. The van der Waals surface area contributed by atoms with Crippen molar-refractivity contribution in [2.24, 2.45) is 0 Å². The quantitative estimate of drug-likeness (QED) is 0.814. The van der Waals surface area contributed by atoms with Gasteiger partial charge in [-0.2, -0.15) is 0 Å². The Morgan fingerprint density at radius 2 is 1.91 bits per heavy atom. The zero-order chi connectivity index (χ0) is 16.8. The fourth-order valence-electron chi connectivity index (χ4n) is 1.89. The summed E-state index contributed by atoms with van der Waals surface area (Å²) in [6, 6.07) is 12.6. The maximum absolute atomic E-state index is 12.2. The lowest BCUT2D eigenvalue weighted by molar-refractivity contribution is 0.0977. The van der Waals surface area contributed by atoms with Crippen LogP contribution in [0.3, 0.4) is 0 Å². The average molecular weight is 349 g/mol. The van der Waals surface area contributed by atoms with Crippen molar-refractivity contribution in [3.63, 3.8) is 0 Å². The van der Waals surface area contributed by atoms with Crippen LogP contribution in [0.2, 0.25) is 5.02 Å². The maximum atomic E-state index is 12.2. The SMILES string of the molecule is CCOc1ccc(C(=O)NC(=S)Nc2ccc(C)cc2)cc1Cl. The molecule has 2 N–H and O–H groups in total. The molecule has 0 spiro atoms. The van der Waals surface area contributed by atoms with E-state index in [1.54, 1.807) is 18.2 Å². The third-order valence-electron chi connectivity index (χ3n) is 3.03. The minimum atomic E-state index is -0.334. The Morgan fingerprint density at radius 1 is 1.22 bits per heavy atom. The van der Waals surface area contributed by atoms with Crippen LogP contribution in [0.1, 0.15) is 22.8 Å². The van der Waals surface area contributed by atoms with Crippen LogP contribution in [0.25, 0.3) is 0 Å². The molecule has 0 unspecified atom stereocenters. The second kappa shape index (κ2) is 7.94. The molecule has 0 atom stereocenters. The number of hydrogen-bond acceptors (Lipinski definition) is 3. The van der Waals surface area contributed by atoms with Crippen LogP contribution >= 0.6 is 23.8 Å². The number of ether oxygens (including phenoxy) is 1. The average Bonchev–Trinajstić information content (AvgIpc) is 2.51. The molecule has 23 heavy (non-hydrogen) atoms. The number of halogens is 1. The molecule has 2 rings (SSSR count). The van der Waals surface area contributed by atoms with Crippen molar-refractivity contribution < 1.29 is 9.53 Å². The number of thiocarbonyl (C=S) groups is 1. The molecule has 0 radical (unpaired) electrons. The summed E-state index contributed by atoms with van der Waals surface area (Å²) in [4.78, 5) is 12.2. The zero-order valence-corrected chi connectivity index (χ0v) is 14.4. The standard InChI is InChI=1S/C17H17ClN2O2S/c1-3-22-15-9-6-12(10-14(15)18)16(21)20-17(23)19-13-7-4-11(2)5-8-13/h4-10H,3H2,1-2H3,(H2,19,20,21,23). The van der Waals surface area contributed by atoms with Crippen molar-refractivity contribution in [2.45, 2.75) is 13.8 Å². The van der Waals surface area contributed by atoms with Gasteiger partial charge in [-0.3, -0.25) is 10.1 Å². The highest BCUT2D eigenvalue weighted by molar-refractivity contribution is 7.80. The normalized spacial score (nSPS) is 10.0. The summed E-state index contributed by atoms with van der Waals surface area (Å²) in [5.74, 6) is 0.214. The second-order valence-electron chi connectivity index (χ2n) is 4.85. The monoisotopic (exact) mass is 348 g/mol. The van der Waals surface area contributed by atoms with Crippen molar-refractivity contribution in [3.8, 4) is 5.75 Å². The molecular formula is C17H17ClN2O2S. The highest BCUT2D eigenvalue weighted by atomic mass is 35.5. The molecule has 0 aromatic heterocycles. The molecule has 0 fully saturated rings. The maximum Gasteiger partial charge on any atom is 0.257 e. The van der Waals surface area contributed by atoms with Crippen LogP contribution in [-0.2, 0) is 0 Å². The molecule has 0 aliphatic carbocycles. The van der Waals surface area contributed by atoms with Gasteiger partial charge in [0.05, 0.1) is 11.6 Å². The van der Waals surface area contributed by atoms with Crippen molar-refractivity contribution in [2.75, 3.05) is 11.9 Å². The second-order valence-corrected chi connectivity index (χ2v) is 5.67. The molecule has 4 nitrogen and oxygen atoms in total. The molecule has 0 saturated carbocycles. The van der Waals surface area contributed by atoms with E-state index in [2.05, 4.69) is 10.6 Å². The fourth-order valence-corrected chi connectivity index (χ4v) is 2.33. The van der Waals surface area contributed by atoms with E-state index in [1.165, 1.54) is 0 Å². The van der Waals surface area contributed by atoms with Crippen molar-refractivity contribution >= 4 is 40.5 Å². The third-order valence-corrected chi connectivity index (χ3v) is 3.53. The van der Waals surface area contributed by atoms with Gasteiger partial charge < -0.3 is 10.1 Å². The van der Waals surface area contributed by atoms with Gasteiger partial charge in [-0.1, -0.05) is 29.3 Å². The summed E-state index contributed by atoms with van der Waals surface area (Å²) in [7, 11) is 0. The Kier molecular flexibility index (Phi) is 5.96. The largest absolute Gasteiger partial charge is 0.492 e. The van der Waals surface area contributed by atoms with E-state index in [0.717, 1.165) is 11.3 Å². The Morgan fingerprint density at radius 3 is 2.52 bits per heavy atom. The molecule has 6 heteroatoms. The van der Waals surface area contributed by atoms with Crippen molar-refractivity contribution in [1.29, 1.82) is 0 Å². The highest BCUT2D eigenvalue weighted by Crippen LogP contribution is 2.25. The lowest BCUT2D eigenvalue weighted by Gasteiger charge is -2.11. The minimum Gasteiger partial charge on any atom is -0.492 e. The molecule has 0 aliphatic rings. The van der Waals surface area contributed by atoms with E-state index in [-0.39, 0.29) is 11.0 Å². The Hall–Kier alpha value is -2.11. The van der Waals surface area contributed by atoms with E-state index in [9.17, 15) is 4.79 Å². The molecule has 1 amide bonds. The number of carbonyl (C=O) groups is 1. The molecule has 0 aliphatic heterocycles. The van der Waals surface area contributed by atoms with Crippen LogP contribution in [0.4, 0.5) is 5.69 Å². The molecule has 0 saturated heterocycles. The first-order valence-electron chi connectivity index (χ1n) is 7.11. The Balaban J connectivity index is 1.99. The van der Waals surface area contributed by atoms with E-state index < -0.39 is 0 Å². The summed E-state index contributed by atoms with van der Waals surface area (Å²) in [6.45, 7) is 4.38. The number of nitrogens with one attached hydrogen (secondary N) is 2. The van der Waals surface area contributed by atoms with Gasteiger partial charge in [0, 0.05) is 11.3 Å². The van der Waals surface area contributed by atoms with Gasteiger partial charge in [-0.25, -0.2) is 0 Å². The number of hydrogen-bond donors (Lipinski definition) is 2. The minimum absolute atomic E-state index is 0.226. The molecular weight excluding hydrogens is 332 g/mol. The van der Waals surface area contributed by atoms with Gasteiger partial charge in [0.15, 0.2) is 5.11 Å². The van der Waals surface area contributed by atoms with E-state index in [1.807, 2.05) is 38.1 Å². The predicted octanol–water partition coefficient (Wildman–Crippen LogP) is 4.17. The van der Waals surface area contributed by atoms with Crippen molar-refractivity contribution in [1.82, 2.24) is 5.32 Å². The van der Waals surface area contributed by atoms with Crippen LogP contribution in [0.5, 0.6) is 5.75 Å². The molecule has 120 valence electrons. The van der Waals surface area contributed by atoms with Crippen LogP contribution < -0.4 is 15.4 Å². The lowest BCUT2D eigenvalue weighted by atomic mass is 10.2. The van der Waals surface area contributed by atoms with E-state index in [0.29, 0.717) is 22.9 Å². The van der Waals surface area contributed by atoms with E-state index >= 15 is 0 Å². The summed E-state index contributed by atoms with van der Waals surface area (Å²) in [5.41, 5.74) is 2.37. The van der Waals surface area contributed by atoms with Crippen LogP contribution in [0.15, 0.2) is 42.5 Å². The smallest absolute Gasteiger partial charge is 0.257 e. The summed E-state index contributed by atoms with van der Waals surface area (Å²) in [6.07, 6.45) is 0. The number of aryl methyl sites for hydroxylation is 1. The lowest BCUT2D eigenvalue weighted by Crippen LogP contribution is -2.34. The first-order valence-corrected chi connectivity index (χ1v) is 7.89. The van der Waals surface area contributed by atoms with E-state index in [4.69, 9.17) is 28.6 Å². The van der Waals surface area contributed by atoms with Gasteiger partial charge >= 0.3 is 0 Å². The van der Waals surface area contributed by atoms with Crippen LogP contribution in [0, 0.1) is 6.92 Å². The number of benzene rings is 2. The van der Waals surface area contributed by atoms with Crippen molar-refractivity contribution in [3.05, 3.63) is 58.6 Å². The van der Waals surface area contributed by atoms with Gasteiger partial charge in [0.25, 0.3) is 5.91 Å². The van der Waals surface area contributed by atoms with Gasteiger partial charge in [-0.05, 0) is 56.4 Å². The van der Waals surface area contributed by atoms with Gasteiger partial charge in [0.2, 0.25) is 0 Å². The number of rotatable bonds is 4. The highest BCUT2D eigenvalue weighted by Gasteiger charge is 2.11. The Labute approximate surface area is 145 Å². The fraction of sp³-hybridized carbons (Fsp3) is 0.176. The molecule has 0 heterocycles. The van der Waals surface area contributed by atoms with Crippen LogP contribution in [-0.4, -0.2) is 17.6 Å². The summed E-state index contributed by atoms with van der Waals surface area (Å²) >= 11 is 11.2. The summed E-state index contributed by atoms with van der Waals surface area (Å²) in [5, 5.41) is 6.19. The summed E-state index contributed by atoms with van der Waals surface area (Å²) < 4.78 is 5.34. The topological polar surface area (TPSA) is 50.4 Å². The molecule has 2 aromatic rings. The Bertz CT molecular complexity index is 717. The zero-order valence-electron chi connectivity index (χ0n) is 12.9. The van der Waals surface area contributed by atoms with Gasteiger partial charge in [0.1, 0.15) is 5.75 Å².